The van der Waals surface area contributed by atoms with E-state index in [0.717, 1.165) is 18.5 Å². The molecule has 0 amide bonds. The van der Waals surface area contributed by atoms with Crippen LogP contribution >= 0.6 is 0 Å². The summed E-state index contributed by atoms with van der Waals surface area (Å²) in [6, 6.07) is 1.60. The molecule has 1 saturated heterocycles. The number of hydrogen-bond donors (Lipinski definition) is 1. The molecule has 2 heteroatoms. The van der Waals surface area contributed by atoms with Crippen molar-refractivity contribution < 1.29 is 0 Å². The quantitative estimate of drug-likeness (QED) is 0.838. The molecule has 1 N–H and O–H groups in total. The first-order valence-corrected chi connectivity index (χ1v) is 8.41. The average molecular weight is 266 g/mol. The molecule has 0 aromatic rings. The molecule has 1 saturated carbocycles. The summed E-state index contributed by atoms with van der Waals surface area (Å²) in [5.74, 6) is 0.855. The lowest BCUT2D eigenvalue weighted by Gasteiger charge is -2.43. The third kappa shape index (κ3) is 5.07. The van der Waals surface area contributed by atoms with Gasteiger partial charge in [0.05, 0.1) is 0 Å². The van der Waals surface area contributed by atoms with Crippen LogP contribution in [0.4, 0.5) is 0 Å². The first-order chi connectivity index (χ1) is 8.94. The number of piperidine rings is 1. The van der Waals surface area contributed by atoms with Gasteiger partial charge in [-0.15, -0.1) is 0 Å². The first kappa shape index (κ1) is 15.3. The van der Waals surface area contributed by atoms with Gasteiger partial charge in [-0.3, -0.25) is 4.90 Å². The minimum absolute atomic E-state index is 0.399. The van der Waals surface area contributed by atoms with Gasteiger partial charge in [0, 0.05) is 31.7 Å². The van der Waals surface area contributed by atoms with Crippen molar-refractivity contribution in [2.45, 2.75) is 78.3 Å². The molecule has 0 spiro atoms. The van der Waals surface area contributed by atoms with E-state index in [4.69, 9.17) is 0 Å². The molecular formula is C17H34N2. The molecule has 2 rings (SSSR count). The Morgan fingerprint density at radius 3 is 2.37 bits per heavy atom. The SMILES string of the molecule is CC1CC(NCC(C)(C)C)CN(C2CCCCC2)C1. The van der Waals surface area contributed by atoms with Gasteiger partial charge in [0.2, 0.25) is 0 Å². The van der Waals surface area contributed by atoms with Gasteiger partial charge in [-0.25, -0.2) is 0 Å². The summed E-state index contributed by atoms with van der Waals surface area (Å²) in [4.78, 5) is 2.80. The van der Waals surface area contributed by atoms with Crippen LogP contribution in [0.5, 0.6) is 0 Å². The van der Waals surface area contributed by atoms with Crippen LogP contribution in [0.25, 0.3) is 0 Å². The molecule has 2 unspecified atom stereocenters. The van der Waals surface area contributed by atoms with E-state index >= 15 is 0 Å². The lowest BCUT2D eigenvalue weighted by Crippen LogP contribution is -2.53. The minimum atomic E-state index is 0.399. The molecule has 1 aliphatic carbocycles. The fourth-order valence-electron chi connectivity index (χ4n) is 3.74. The van der Waals surface area contributed by atoms with Gasteiger partial charge < -0.3 is 5.32 Å². The monoisotopic (exact) mass is 266 g/mol. The van der Waals surface area contributed by atoms with Crippen LogP contribution in [0.15, 0.2) is 0 Å². The first-order valence-electron chi connectivity index (χ1n) is 8.41. The van der Waals surface area contributed by atoms with E-state index in [1.54, 1.807) is 0 Å². The van der Waals surface area contributed by atoms with Gasteiger partial charge in [0.15, 0.2) is 0 Å². The zero-order valence-corrected chi connectivity index (χ0v) is 13.5. The Labute approximate surface area is 120 Å². The summed E-state index contributed by atoms with van der Waals surface area (Å²) in [5.41, 5.74) is 0.399. The standard InChI is InChI=1S/C17H34N2/c1-14-10-15(18-13-17(2,3)4)12-19(11-14)16-8-6-5-7-9-16/h14-16,18H,5-13H2,1-4H3. The largest absolute Gasteiger partial charge is 0.312 e. The van der Waals surface area contributed by atoms with Crippen LogP contribution in [0.2, 0.25) is 0 Å². The van der Waals surface area contributed by atoms with Crippen molar-refractivity contribution >= 4 is 0 Å². The lowest BCUT2D eigenvalue weighted by atomic mass is 9.88. The van der Waals surface area contributed by atoms with Crippen LogP contribution in [-0.2, 0) is 0 Å². The molecule has 1 heterocycles. The van der Waals surface area contributed by atoms with E-state index in [9.17, 15) is 0 Å². The second kappa shape index (κ2) is 6.58. The second-order valence-electron chi connectivity index (χ2n) is 8.23. The summed E-state index contributed by atoms with van der Waals surface area (Å²) in [5, 5.41) is 3.82. The fourth-order valence-corrected chi connectivity index (χ4v) is 3.74. The van der Waals surface area contributed by atoms with Gasteiger partial charge in [0.1, 0.15) is 0 Å². The normalized spacial score (nSPS) is 31.6. The molecule has 2 nitrogen and oxygen atoms in total. The fraction of sp³-hybridized carbons (Fsp3) is 1.00. The number of likely N-dealkylation sites (tertiary alicyclic amines) is 1. The molecular weight excluding hydrogens is 232 g/mol. The number of rotatable bonds is 3. The van der Waals surface area contributed by atoms with Gasteiger partial charge in [-0.1, -0.05) is 47.0 Å². The summed E-state index contributed by atoms with van der Waals surface area (Å²) in [7, 11) is 0. The van der Waals surface area contributed by atoms with Crippen LogP contribution < -0.4 is 5.32 Å². The Balaban J connectivity index is 1.84. The molecule has 2 aliphatic rings. The Kier molecular flexibility index (Phi) is 5.30. The highest BCUT2D eigenvalue weighted by molar-refractivity contribution is 4.87. The van der Waals surface area contributed by atoms with Crippen molar-refractivity contribution in [2.75, 3.05) is 19.6 Å². The zero-order valence-electron chi connectivity index (χ0n) is 13.5. The highest BCUT2D eigenvalue weighted by Crippen LogP contribution is 2.27. The van der Waals surface area contributed by atoms with Crippen molar-refractivity contribution in [3.8, 4) is 0 Å². The van der Waals surface area contributed by atoms with Gasteiger partial charge >= 0.3 is 0 Å². The number of nitrogens with one attached hydrogen (secondary N) is 1. The predicted octanol–water partition coefficient (Wildman–Crippen LogP) is 3.67. The third-order valence-corrected chi connectivity index (χ3v) is 4.70. The lowest BCUT2D eigenvalue weighted by molar-refractivity contribution is 0.0802. The van der Waals surface area contributed by atoms with Crippen LogP contribution in [0.3, 0.4) is 0 Å². The van der Waals surface area contributed by atoms with Crippen LogP contribution in [0.1, 0.15) is 66.2 Å². The highest BCUT2D eigenvalue weighted by Gasteiger charge is 2.30. The average Bonchev–Trinajstić information content (AvgIpc) is 2.36. The molecule has 0 aromatic heterocycles. The smallest absolute Gasteiger partial charge is 0.0198 e. The van der Waals surface area contributed by atoms with E-state index in [1.165, 1.54) is 51.6 Å². The maximum absolute atomic E-state index is 3.82. The Bertz CT molecular complexity index is 263. The molecule has 19 heavy (non-hydrogen) atoms. The van der Waals surface area contributed by atoms with Crippen molar-refractivity contribution in [3.63, 3.8) is 0 Å². The molecule has 2 atom stereocenters. The summed E-state index contributed by atoms with van der Waals surface area (Å²) >= 11 is 0. The molecule has 2 fully saturated rings. The number of hydrogen-bond acceptors (Lipinski definition) is 2. The van der Waals surface area contributed by atoms with E-state index in [0.29, 0.717) is 11.5 Å². The van der Waals surface area contributed by atoms with E-state index in [1.807, 2.05) is 0 Å². The van der Waals surface area contributed by atoms with Gasteiger partial charge in [-0.2, -0.15) is 0 Å². The van der Waals surface area contributed by atoms with Gasteiger partial charge in [-0.05, 0) is 30.6 Å². The maximum atomic E-state index is 3.82. The maximum Gasteiger partial charge on any atom is 0.0198 e. The van der Waals surface area contributed by atoms with Crippen molar-refractivity contribution in [1.82, 2.24) is 10.2 Å². The van der Waals surface area contributed by atoms with E-state index in [2.05, 4.69) is 37.9 Å². The second-order valence-corrected chi connectivity index (χ2v) is 8.23. The third-order valence-electron chi connectivity index (χ3n) is 4.70. The van der Waals surface area contributed by atoms with Crippen LogP contribution in [0, 0.1) is 11.3 Å². The van der Waals surface area contributed by atoms with Crippen molar-refractivity contribution in [1.29, 1.82) is 0 Å². The minimum Gasteiger partial charge on any atom is -0.312 e. The summed E-state index contributed by atoms with van der Waals surface area (Å²) in [6.45, 7) is 13.2. The van der Waals surface area contributed by atoms with Crippen molar-refractivity contribution in [2.24, 2.45) is 11.3 Å². The molecule has 0 radical (unpaired) electrons. The Hall–Kier alpha value is -0.0800. The van der Waals surface area contributed by atoms with Crippen LogP contribution in [-0.4, -0.2) is 36.6 Å². The highest BCUT2D eigenvalue weighted by atomic mass is 15.2. The Morgan fingerprint density at radius 2 is 1.74 bits per heavy atom. The predicted molar refractivity (Wildman–Crippen MR) is 83.5 cm³/mol. The molecule has 1 aliphatic heterocycles. The zero-order chi connectivity index (χ0) is 13.9. The van der Waals surface area contributed by atoms with E-state index < -0.39 is 0 Å². The topological polar surface area (TPSA) is 15.3 Å². The van der Waals surface area contributed by atoms with Gasteiger partial charge in [0.25, 0.3) is 0 Å². The van der Waals surface area contributed by atoms with E-state index in [-0.39, 0.29) is 0 Å². The summed E-state index contributed by atoms with van der Waals surface area (Å²) < 4.78 is 0. The molecule has 0 bridgehead atoms. The Morgan fingerprint density at radius 1 is 1.05 bits per heavy atom. The molecule has 112 valence electrons. The number of nitrogens with zero attached hydrogens (tertiary/aromatic N) is 1. The molecule has 0 aromatic carbocycles. The van der Waals surface area contributed by atoms with Crippen molar-refractivity contribution in [3.05, 3.63) is 0 Å². The summed E-state index contributed by atoms with van der Waals surface area (Å²) in [6.07, 6.45) is 8.62.